The minimum absolute atomic E-state index is 0.0877. The van der Waals surface area contributed by atoms with Crippen LogP contribution in [0.3, 0.4) is 0 Å². The van der Waals surface area contributed by atoms with E-state index >= 15 is 0 Å². The van der Waals surface area contributed by atoms with E-state index in [2.05, 4.69) is 25.5 Å². The lowest BCUT2D eigenvalue weighted by Gasteiger charge is -2.19. The molecule has 0 fully saturated rings. The van der Waals surface area contributed by atoms with Crippen LogP contribution in [0.25, 0.3) is 0 Å². The van der Waals surface area contributed by atoms with Gasteiger partial charge >= 0.3 is 0 Å². The molecule has 0 unspecified atom stereocenters. The molecule has 0 spiro atoms. The summed E-state index contributed by atoms with van der Waals surface area (Å²) in [6, 6.07) is 12.7. The largest absolute Gasteiger partial charge is 0.497 e. The number of benzene rings is 2. The zero-order chi connectivity index (χ0) is 19.4. The molecule has 0 radical (unpaired) electrons. The number of aryl methyl sites for hydroxylation is 1. The lowest BCUT2D eigenvalue weighted by Crippen LogP contribution is -2.28. The van der Waals surface area contributed by atoms with Crippen molar-refractivity contribution in [3.63, 3.8) is 0 Å². The summed E-state index contributed by atoms with van der Waals surface area (Å²) in [5.41, 5.74) is 1.95. The molecule has 0 aromatic heterocycles. The first-order valence-electron chi connectivity index (χ1n) is 8.51. The molecule has 5 nitrogen and oxygen atoms in total. The summed E-state index contributed by atoms with van der Waals surface area (Å²) < 4.78 is 38.1. The van der Waals surface area contributed by atoms with Crippen molar-refractivity contribution in [2.24, 2.45) is 0 Å². The first kappa shape index (κ1) is 20.3. The highest BCUT2D eigenvalue weighted by atomic mass is 32.2. The highest BCUT2D eigenvalue weighted by Crippen LogP contribution is 2.24. The van der Waals surface area contributed by atoms with Gasteiger partial charge in [0.25, 0.3) is 0 Å². The molecule has 2 aromatic carbocycles. The smallest absolute Gasteiger partial charge is 0.240 e. The lowest BCUT2D eigenvalue weighted by molar-refractivity contribution is 0.322. The minimum atomic E-state index is -3.58. The van der Waals surface area contributed by atoms with Gasteiger partial charge in [-0.15, -0.1) is 0 Å². The number of sulfonamides is 1. The molecule has 142 valence electrons. The van der Waals surface area contributed by atoms with Crippen molar-refractivity contribution in [2.75, 3.05) is 20.3 Å². The second kappa shape index (κ2) is 8.10. The number of hydrogen-bond acceptors (Lipinski definition) is 4. The summed E-state index contributed by atoms with van der Waals surface area (Å²) in [7, 11) is -2.03. The Morgan fingerprint density at radius 3 is 2.15 bits per heavy atom. The Hall–Kier alpha value is -2.05. The topological polar surface area (TPSA) is 64.6 Å². The molecular formula is C20H27NO4S. The maximum absolute atomic E-state index is 12.4. The first-order chi connectivity index (χ1) is 12.1. The van der Waals surface area contributed by atoms with Crippen LogP contribution < -0.4 is 14.2 Å². The van der Waals surface area contributed by atoms with Crippen molar-refractivity contribution in [3.05, 3.63) is 53.6 Å². The molecule has 2 aromatic rings. The number of methoxy groups -OCH3 is 1. The van der Waals surface area contributed by atoms with E-state index in [0.29, 0.717) is 11.3 Å². The van der Waals surface area contributed by atoms with Gasteiger partial charge in [0.2, 0.25) is 10.0 Å². The standard InChI is InChI=1S/C20H27NO4S/c1-15-14-18(24-5)10-11-19(15)26(22,23)21-12-13-25-17-8-6-16(7-9-17)20(2,3)4/h6-11,14,21H,12-13H2,1-5H3. The van der Waals surface area contributed by atoms with E-state index in [1.54, 1.807) is 32.2 Å². The van der Waals surface area contributed by atoms with Crippen LogP contribution in [0.4, 0.5) is 0 Å². The van der Waals surface area contributed by atoms with E-state index in [1.165, 1.54) is 5.56 Å². The van der Waals surface area contributed by atoms with Crippen LogP contribution in [0, 0.1) is 6.92 Å². The lowest BCUT2D eigenvalue weighted by atomic mass is 9.87. The zero-order valence-electron chi connectivity index (χ0n) is 16.0. The Balaban J connectivity index is 1.91. The van der Waals surface area contributed by atoms with Crippen LogP contribution in [0.5, 0.6) is 11.5 Å². The molecule has 0 aliphatic heterocycles. The molecule has 0 heterocycles. The van der Waals surface area contributed by atoms with E-state index in [9.17, 15) is 8.42 Å². The number of ether oxygens (including phenoxy) is 2. The zero-order valence-corrected chi connectivity index (χ0v) is 16.8. The second-order valence-electron chi connectivity index (χ2n) is 7.15. The molecule has 2 rings (SSSR count). The maximum Gasteiger partial charge on any atom is 0.240 e. The molecule has 0 saturated carbocycles. The van der Waals surface area contributed by atoms with Crippen molar-refractivity contribution < 1.29 is 17.9 Å². The third-order valence-corrected chi connectivity index (χ3v) is 5.68. The summed E-state index contributed by atoms with van der Waals surface area (Å²) >= 11 is 0. The van der Waals surface area contributed by atoms with Crippen molar-refractivity contribution in [2.45, 2.75) is 38.0 Å². The molecular weight excluding hydrogens is 350 g/mol. The summed E-state index contributed by atoms with van der Waals surface area (Å²) in [5.74, 6) is 1.35. The van der Waals surface area contributed by atoms with Gasteiger partial charge in [-0.25, -0.2) is 13.1 Å². The SMILES string of the molecule is COc1ccc(S(=O)(=O)NCCOc2ccc(C(C)(C)C)cc2)c(C)c1. The van der Waals surface area contributed by atoms with Gasteiger partial charge in [-0.1, -0.05) is 32.9 Å². The third-order valence-electron chi connectivity index (χ3n) is 4.05. The molecule has 0 bridgehead atoms. The predicted molar refractivity (Wildman–Crippen MR) is 104 cm³/mol. The maximum atomic E-state index is 12.4. The van der Waals surface area contributed by atoms with Crippen molar-refractivity contribution in [1.82, 2.24) is 4.72 Å². The van der Waals surface area contributed by atoms with E-state index in [0.717, 1.165) is 5.75 Å². The van der Waals surface area contributed by atoms with Crippen molar-refractivity contribution in [1.29, 1.82) is 0 Å². The molecule has 26 heavy (non-hydrogen) atoms. The second-order valence-corrected chi connectivity index (χ2v) is 8.89. The van der Waals surface area contributed by atoms with E-state index in [-0.39, 0.29) is 23.5 Å². The summed E-state index contributed by atoms with van der Waals surface area (Å²) in [5, 5.41) is 0. The number of nitrogens with one attached hydrogen (secondary N) is 1. The highest BCUT2D eigenvalue weighted by molar-refractivity contribution is 7.89. The molecule has 1 N–H and O–H groups in total. The quantitative estimate of drug-likeness (QED) is 0.748. The third kappa shape index (κ3) is 5.22. The monoisotopic (exact) mass is 377 g/mol. The Kier molecular flexibility index (Phi) is 6.31. The van der Waals surface area contributed by atoms with E-state index < -0.39 is 10.0 Å². The summed E-state index contributed by atoms with van der Waals surface area (Å²) in [6.07, 6.45) is 0. The fraction of sp³-hybridized carbons (Fsp3) is 0.400. The predicted octanol–water partition coefficient (Wildman–Crippen LogP) is 3.66. The fourth-order valence-electron chi connectivity index (χ4n) is 2.52. The Bertz CT molecular complexity index is 837. The van der Waals surface area contributed by atoms with Gasteiger partial charge in [-0.3, -0.25) is 0 Å². The Labute approximate surface area is 156 Å². The van der Waals surface area contributed by atoms with Crippen LogP contribution >= 0.6 is 0 Å². The van der Waals surface area contributed by atoms with Crippen LogP contribution in [0.1, 0.15) is 31.9 Å². The van der Waals surface area contributed by atoms with Gasteiger partial charge in [-0.05, 0) is 53.8 Å². The average molecular weight is 378 g/mol. The first-order valence-corrected chi connectivity index (χ1v) is 9.99. The molecule has 0 amide bonds. The molecule has 0 aliphatic carbocycles. The summed E-state index contributed by atoms with van der Waals surface area (Å²) in [6.45, 7) is 8.64. The Morgan fingerprint density at radius 1 is 1.00 bits per heavy atom. The van der Waals surface area contributed by atoms with Crippen molar-refractivity contribution in [3.8, 4) is 11.5 Å². The van der Waals surface area contributed by atoms with Gasteiger partial charge in [0.05, 0.1) is 12.0 Å². The van der Waals surface area contributed by atoms with Gasteiger partial charge in [-0.2, -0.15) is 0 Å². The van der Waals surface area contributed by atoms with E-state index in [1.807, 2.05) is 24.3 Å². The Morgan fingerprint density at radius 2 is 1.62 bits per heavy atom. The average Bonchev–Trinajstić information content (AvgIpc) is 2.58. The molecule has 0 atom stereocenters. The van der Waals surface area contributed by atoms with Gasteiger partial charge < -0.3 is 9.47 Å². The highest BCUT2D eigenvalue weighted by Gasteiger charge is 2.17. The van der Waals surface area contributed by atoms with Crippen LogP contribution in [-0.2, 0) is 15.4 Å². The minimum Gasteiger partial charge on any atom is -0.497 e. The van der Waals surface area contributed by atoms with Gasteiger partial charge in [0, 0.05) is 6.54 Å². The normalized spacial score (nSPS) is 12.0. The number of hydrogen-bond donors (Lipinski definition) is 1. The van der Waals surface area contributed by atoms with Gasteiger partial charge in [0.15, 0.2) is 0 Å². The van der Waals surface area contributed by atoms with Crippen molar-refractivity contribution >= 4 is 10.0 Å². The van der Waals surface area contributed by atoms with Crippen LogP contribution in [0.15, 0.2) is 47.4 Å². The molecule has 0 aliphatic rings. The fourth-order valence-corrected chi connectivity index (χ4v) is 3.76. The van der Waals surface area contributed by atoms with E-state index in [4.69, 9.17) is 9.47 Å². The van der Waals surface area contributed by atoms with Gasteiger partial charge in [0.1, 0.15) is 18.1 Å². The van der Waals surface area contributed by atoms with Crippen LogP contribution in [-0.4, -0.2) is 28.7 Å². The summed E-state index contributed by atoms with van der Waals surface area (Å²) in [4.78, 5) is 0.243. The molecule has 0 saturated heterocycles. The molecule has 6 heteroatoms. The number of rotatable bonds is 7. The van der Waals surface area contributed by atoms with Crippen LogP contribution in [0.2, 0.25) is 0 Å².